The van der Waals surface area contributed by atoms with E-state index in [-0.39, 0.29) is 17.9 Å². The fraction of sp³-hybridized carbons (Fsp3) is 0.364. The number of carbonyl (C=O) groups excluding carboxylic acids is 2. The quantitative estimate of drug-likeness (QED) is 0.821. The summed E-state index contributed by atoms with van der Waals surface area (Å²) in [5.74, 6) is -0.311. The van der Waals surface area contributed by atoms with Crippen LogP contribution in [0, 0.1) is 19.8 Å². The molecule has 2 aromatic carbocycles. The summed E-state index contributed by atoms with van der Waals surface area (Å²) in [6, 6.07) is 15.4. The van der Waals surface area contributed by atoms with Gasteiger partial charge in [-0.2, -0.15) is 0 Å². The fourth-order valence-electron chi connectivity index (χ4n) is 3.47. The van der Waals surface area contributed by atoms with Crippen LogP contribution in [0.1, 0.15) is 29.5 Å². The lowest BCUT2D eigenvalue weighted by Gasteiger charge is -2.31. The minimum absolute atomic E-state index is 0.122. The van der Waals surface area contributed by atoms with Crippen LogP contribution in [-0.4, -0.2) is 30.0 Å². The Kier molecular flexibility index (Phi) is 6.12. The molecular weight excluding hydrogens is 340 g/mol. The van der Waals surface area contributed by atoms with Crippen molar-refractivity contribution < 1.29 is 14.3 Å². The Morgan fingerprint density at radius 2 is 1.67 bits per heavy atom. The van der Waals surface area contributed by atoms with E-state index in [0.29, 0.717) is 32.5 Å². The lowest BCUT2D eigenvalue weighted by Crippen LogP contribution is -2.42. The second-order valence-electron chi connectivity index (χ2n) is 7.16. The van der Waals surface area contributed by atoms with Crippen molar-refractivity contribution in [3.05, 3.63) is 65.2 Å². The summed E-state index contributed by atoms with van der Waals surface area (Å²) in [6.07, 6.45) is 1.27. The first-order valence-electron chi connectivity index (χ1n) is 9.36. The second-order valence-corrected chi connectivity index (χ2v) is 7.16. The van der Waals surface area contributed by atoms with Crippen LogP contribution in [0.25, 0.3) is 0 Å². The monoisotopic (exact) mass is 366 g/mol. The minimum Gasteiger partial charge on any atom is -0.461 e. The second kappa shape index (κ2) is 8.71. The zero-order valence-corrected chi connectivity index (χ0v) is 15.9. The number of ether oxygens (including phenoxy) is 1. The Labute approximate surface area is 160 Å². The Morgan fingerprint density at radius 1 is 1.04 bits per heavy atom. The third-order valence-electron chi connectivity index (χ3n) is 4.80. The van der Waals surface area contributed by atoms with E-state index in [2.05, 4.69) is 11.4 Å². The van der Waals surface area contributed by atoms with E-state index < -0.39 is 0 Å². The highest BCUT2D eigenvalue weighted by Crippen LogP contribution is 2.20. The van der Waals surface area contributed by atoms with E-state index in [9.17, 15) is 9.59 Å². The number of carbonyl (C=O) groups is 2. The molecule has 0 saturated carbocycles. The molecular formula is C22H26N2O3. The Morgan fingerprint density at radius 3 is 2.30 bits per heavy atom. The molecule has 1 aliphatic rings. The highest BCUT2D eigenvalue weighted by molar-refractivity contribution is 5.89. The van der Waals surface area contributed by atoms with E-state index in [1.807, 2.05) is 56.3 Å². The van der Waals surface area contributed by atoms with Crippen molar-refractivity contribution in [2.45, 2.75) is 33.3 Å². The zero-order chi connectivity index (χ0) is 19.2. The number of esters is 1. The lowest BCUT2D eigenvalue weighted by atomic mass is 9.97. The number of urea groups is 1. The number of para-hydroxylation sites is 1. The summed E-state index contributed by atoms with van der Waals surface area (Å²) < 4.78 is 5.51. The average Bonchev–Trinajstić information content (AvgIpc) is 2.66. The standard InChI is InChI=1S/C22H26N2O3/c1-16-12-17(2)14-18(13-16)15-27-21(25)19-8-10-24(11-9-19)22(26)23-20-6-4-3-5-7-20/h3-7,12-14,19H,8-11,15H2,1-2H3,(H,23,26). The van der Waals surface area contributed by atoms with E-state index in [1.165, 1.54) is 11.1 Å². The first-order chi connectivity index (χ1) is 13.0. The van der Waals surface area contributed by atoms with Crippen LogP contribution in [0.5, 0.6) is 0 Å². The number of likely N-dealkylation sites (tertiary alicyclic amines) is 1. The Hall–Kier alpha value is -2.82. The predicted octanol–water partition coefficient (Wildman–Crippen LogP) is 4.29. The number of nitrogens with zero attached hydrogens (tertiary/aromatic N) is 1. The summed E-state index contributed by atoms with van der Waals surface area (Å²) in [7, 11) is 0. The summed E-state index contributed by atoms with van der Waals surface area (Å²) in [5, 5.41) is 2.88. The van der Waals surface area contributed by atoms with E-state index in [1.54, 1.807) is 4.90 Å². The normalized spacial score (nSPS) is 14.7. The molecule has 0 bridgehead atoms. The third kappa shape index (κ3) is 5.33. The molecule has 1 N–H and O–H groups in total. The molecule has 2 aromatic rings. The molecule has 0 spiro atoms. The van der Waals surface area contributed by atoms with Crippen LogP contribution in [0.2, 0.25) is 0 Å². The number of hydrogen-bond donors (Lipinski definition) is 1. The van der Waals surface area contributed by atoms with Crippen LogP contribution in [0.15, 0.2) is 48.5 Å². The van der Waals surface area contributed by atoms with Gasteiger partial charge in [-0.3, -0.25) is 4.79 Å². The number of aryl methyl sites for hydroxylation is 2. The SMILES string of the molecule is Cc1cc(C)cc(COC(=O)C2CCN(C(=O)Nc3ccccc3)CC2)c1. The molecule has 1 fully saturated rings. The molecule has 1 heterocycles. The first kappa shape index (κ1) is 19.0. The van der Waals surface area contributed by atoms with E-state index in [0.717, 1.165) is 11.3 Å². The van der Waals surface area contributed by atoms with Gasteiger partial charge in [0.1, 0.15) is 6.61 Å². The fourth-order valence-corrected chi connectivity index (χ4v) is 3.47. The maximum absolute atomic E-state index is 12.4. The number of amides is 2. The smallest absolute Gasteiger partial charge is 0.321 e. The number of anilines is 1. The molecule has 0 unspecified atom stereocenters. The average molecular weight is 366 g/mol. The van der Waals surface area contributed by atoms with Crippen LogP contribution in [0.3, 0.4) is 0 Å². The van der Waals surface area contributed by atoms with Crippen molar-refractivity contribution >= 4 is 17.7 Å². The van der Waals surface area contributed by atoms with Crippen molar-refractivity contribution in [2.24, 2.45) is 5.92 Å². The summed E-state index contributed by atoms with van der Waals surface area (Å²) in [5.41, 5.74) is 4.12. The molecule has 0 aromatic heterocycles. The molecule has 5 heteroatoms. The number of benzene rings is 2. The van der Waals surface area contributed by atoms with Gasteiger partial charge in [0.2, 0.25) is 0 Å². The van der Waals surface area contributed by atoms with Gasteiger partial charge in [0.05, 0.1) is 5.92 Å². The summed E-state index contributed by atoms with van der Waals surface area (Å²) in [4.78, 5) is 26.4. The van der Waals surface area contributed by atoms with Crippen molar-refractivity contribution in [2.75, 3.05) is 18.4 Å². The first-order valence-corrected chi connectivity index (χ1v) is 9.36. The van der Waals surface area contributed by atoms with Gasteiger partial charge < -0.3 is 15.0 Å². The van der Waals surface area contributed by atoms with Gasteiger partial charge in [0.25, 0.3) is 0 Å². The highest BCUT2D eigenvalue weighted by Gasteiger charge is 2.28. The van der Waals surface area contributed by atoms with Gasteiger partial charge in [0, 0.05) is 18.8 Å². The number of piperidine rings is 1. The molecule has 1 aliphatic heterocycles. The molecule has 0 aliphatic carbocycles. The Bertz CT molecular complexity index is 776. The van der Waals surface area contributed by atoms with Gasteiger partial charge >= 0.3 is 12.0 Å². The zero-order valence-electron chi connectivity index (χ0n) is 15.9. The molecule has 0 radical (unpaired) electrons. The van der Waals surface area contributed by atoms with Crippen LogP contribution in [0.4, 0.5) is 10.5 Å². The van der Waals surface area contributed by atoms with Crippen LogP contribution < -0.4 is 5.32 Å². The van der Waals surface area contributed by atoms with Gasteiger partial charge in [-0.15, -0.1) is 0 Å². The van der Waals surface area contributed by atoms with Gasteiger partial charge in [0.15, 0.2) is 0 Å². The topological polar surface area (TPSA) is 58.6 Å². The lowest BCUT2D eigenvalue weighted by molar-refractivity contribution is -0.151. The molecule has 5 nitrogen and oxygen atoms in total. The summed E-state index contributed by atoms with van der Waals surface area (Å²) >= 11 is 0. The highest BCUT2D eigenvalue weighted by atomic mass is 16.5. The maximum Gasteiger partial charge on any atom is 0.321 e. The van der Waals surface area contributed by atoms with Crippen molar-refractivity contribution in [3.8, 4) is 0 Å². The predicted molar refractivity (Wildman–Crippen MR) is 105 cm³/mol. The molecule has 142 valence electrons. The number of hydrogen-bond acceptors (Lipinski definition) is 3. The molecule has 3 rings (SSSR count). The third-order valence-corrected chi connectivity index (χ3v) is 4.80. The summed E-state index contributed by atoms with van der Waals surface area (Å²) in [6.45, 7) is 5.49. The minimum atomic E-state index is -0.169. The van der Waals surface area contributed by atoms with Gasteiger partial charge in [-0.25, -0.2) is 4.79 Å². The maximum atomic E-state index is 12.4. The Balaban J connectivity index is 1.45. The van der Waals surface area contributed by atoms with Gasteiger partial charge in [-0.05, 0) is 44.4 Å². The largest absolute Gasteiger partial charge is 0.461 e. The van der Waals surface area contributed by atoms with Crippen molar-refractivity contribution in [1.82, 2.24) is 4.90 Å². The molecule has 0 atom stereocenters. The van der Waals surface area contributed by atoms with Crippen LogP contribution >= 0.6 is 0 Å². The van der Waals surface area contributed by atoms with Crippen molar-refractivity contribution in [3.63, 3.8) is 0 Å². The van der Waals surface area contributed by atoms with Crippen LogP contribution in [-0.2, 0) is 16.1 Å². The van der Waals surface area contributed by atoms with E-state index >= 15 is 0 Å². The van der Waals surface area contributed by atoms with Crippen molar-refractivity contribution in [1.29, 1.82) is 0 Å². The molecule has 2 amide bonds. The number of nitrogens with one attached hydrogen (secondary N) is 1. The van der Waals surface area contributed by atoms with E-state index in [4.69, 9.17) is 4.74 Å². The molecule has 1 saturated heterocycles. The van der Waals surface area contributed by atoms with Gasteiger partial charge in [-0.1, -0.05) is 47.5 Å². The molecule has 27 heavy (non-hydrogen) atoms. The number of rotatable bonds is 4.